The number of fused-ring (bicyclic) bond motifs is 2. The number of hydrogen-bond acceptors (Lipinski definition) is 3. The van der Waals surface area contributed by atoms with Crippen molar-refractivity contribution in [2.45, 2.75) is 6.42 Å². The van der Waals surface area contributed by atoms with E-state index in [1.54, 1.807) is 12.1 Å². The molecule has 0 spiro atoms. The molecule has 0 bridgehead atoms. The summed E-state index contributed by atoms with van der Waals surface area (Å²) in [6, 6.07) is 7.24. The Balaban J connectivity index is 2.23. The Morgan fingerprint density at radius 2 is 1.72 bits per heavy atom. The first kappa shape index (κ1) is 11.9. The van der Waals surface area contributed by atoms with Gasteiger partial charge in [0.2, 0.25) is 0 Å². The topological polar surface area (TPSA) is 43.4 Å². The van der Waals surface area contributed by atoms with Gasteiger partial charge in [-0.05, 0) is 0 Å². The normalized spacial score (nSPS) is 23.0. The summed E-state index contributed by atoms with van der Waals surface area (Å²) in [4.78, 5) is 28.4. The van der Waals surface area contributed by atoms with Gasteiger partial charge in [-0.15, -0.1) is 0 Å². The third-order valence-corrected chi connectivity index (χ3v) is 8.03. The number of hydrogen-bond donors (Lipinski definition) is 0. The second-order valence-electron chi connectivity index (χ2n) is 4.86. The van der Waals surface area contributed by atoms with Gasteiger partial charge in [-0.1, -0.05) is 0 Å². The second kappa shape index (κ2) is 3.91. The van der Waals surface area contributed by atoms with Crippen LogP contribution in [0.2, 0.25) is 0 Å². The van der Waals surface area contributed by atoms with E-state index < -0.39 is 18.8 Å². The van der Waals surface area contributed by atoms with Crippen LogP contribution in [0, 0.1) is 0 Å². The van der Waals surface area contributed by atoms with Gasteiger partial charge in [-0.25, -0.2) is 0 Å². The van der Waals surface area contributed by atoms with Crippen molar-refractivity contribution in [2.75, 3.05) is 14.3 Å². The molecule has 0 fully saturated rings. The van der Waals surface area contributed by atoms with Crippen LogP contribution in [-0.4, -0.2) is 25.9 Å². The Hall–Kier alpha value is -1.17. The number of alkyl halides is 3. The molecule has 1 heterocycles. The van der Waals surface area contributed by atoms with Crippen LogP contribution in [0.25, 0.3) is 5.76 Å². The molecular formula is C14H14IO3-. The van der Waals surface area contributed by atoms with Gasteiger partial charge in [0.15, 0.2) is 0 Å². The zero-order chi connectivity index (χ0) is 12.9. The van der Waals surface area contributed by atoms with Crippen molar-refractivity contribution in [1.82, 2.24) is 0 Å². The molecule has 1 aliphatic heterocycles. The van der Waals surface area contributed by atoms with Crippen molar-refractivity contribution in [3.05, 3.63) is 41.0 Å². The number of carbonyl (C=O) groups excluding carboxylic acids is 2. The molecule has 1 aromatic rings. The Bertz CT molecular complexity index is 599. The van der Waals surface area contributed by atoms with Gasteiger partial charge in [0, 0.05) is 0 Å². The second-order valence-corrected chi connectivity index (χ2v) is 14.0. The van der Waals surface area contributed by atoms with Gasteiger partial charge in [-0.2, -0.15) is 0 Å². The van der Waals surface area contributed by atoms with Gasteiger partial charge < -0.3 is 0 Å². The van der Waals surface area contributed by atoms with Crippen molar-refractivity contribution in [1.29, 1.82) is 0 Å². The fourth-order valence-electron chi connectivity index (χ4n) is 2.29. The van der Waals surface area contributed by atoms with E-state index in [4.69, 9.17) is 3.07 Å². The van der Waals surface area contributed by atoms with E-state index in [-0.39, 0.29) is 11.6 Å². The molecule has 4 heteroatoms. The Kier molecular flexibility index (Phi) is 2.59. The fraction of sp³-hybridized carbons (Fsp3) is 0.286. The van der Waals surface area contributed by atoms with Crippen molar-refractivity contribution in [3.8, 4) is 0 Å². The minimum absolute atomic E-state index is 0.375. The molecule has 0 atom stereocenters. The molecule has 0 saturated carbocycles. The third kappa shape index (κ3) is 1.70. The summed E-state index contributed by atoms with van der Waals surface area (Å²) >= 11 is -2.17. The molecule has 2 aliphatic rings. The van der Waals surface area contributed by atoms with Crippen LogP contribution < -0.4 is 18.8 Å². The first-order valence-corrected chi connectivity index (χ1v) is 12.4. The standard InChI is InChI=1S/C14H14IO3/c1-15(2)8-7-11-13(17)12(16)9-5-3-4-6-10(9)14(11)18-15/h3-6H,7-8H2,1-2H3/q-1. The summed E-state index contributed by atoms with van der Waals surface area (Å²) in [5.74, 6) is -0.0811. The van der Waals surface area contributed by atoms with E-state index in [2.05, 4.69) is 9.86 Å². The predicted octanol–water partition coefficient (Wildman–Crippen LogP) is -1.08. The van der Waals surface area contributed by atoms with Gasteiger partial charge >= 0.3 is 111 Å². The average molecular weight is 357 g/mol. The van der Waals surface area contributed by atoms with Gasteiger partial charge in [-0.3, -0.25) is 0 Å². The first-order valence-electron chi connectivity index (χ1n) is 5.72. The predicted molar refractivity (Wildman–Crippen MR) is 65.1 cm³/mol. The van der Waals surface area contributed by atoms with Gasteiger partial charge in [0.1, 0.15) is 0 Å². The molecule has 1 aromatic carbocycles. The van der Waals surface area contributed by atoms with E-state index >= 15 is 0 Å². The zero-order valence-electron chi connectivity index (χ0n) is 10.3. The molecule has 0 aromatic heterocycles. The summed E-state index contributed by atoms with van der Waals surface area (Å²) in [6.45, 7) is 0. The molecule has 3 nitrogen and oxygen atoms in total. The van der Waals surface area contributed by atoms with Crippen LogP contribution in [0.1, 0.15) is 22.3 Å². The van der Waals surface area contributed by atoms with Gasteiger partial charge in [0.05, 0.1) is 0 Å². The summed E-state index contributed by atoms with van der Waals surface area (Å²) in [6.07, 6.45) is 0.692. The minimum atomic E-state index is -2.17. The molecule has 96 valence electrons. The van der Waals surface area contributed by atoms with E-state index in [1.165, 1.54) is 0 Å². The quantitative estimate of drug-likeness (QED) is 0.337. The third-order valence-electron chi connectivity index (χ3n) is 3.26. The maximum absolute atomic E-state index is 12.1. The van der Waals surface area contributed by atoms with Crippen molar-refractivity contribution >= 4 is 17.3 Å². The molecule has 0 amide bonds. The number of rotatable bonds is 0. The number of benzene rings is 1. The summed E-state index contributed by atoms with van der Waals surface area (Å²) in [7, 11) is 0. The van der Waals surface area contributed by atoms with E-state index in [0.29, 0.717) is 23.3 Å². The SMILES string of the molecule is C[I-]1(C)CCC2=C(O1)c1ccccc1C(=O)C2=O. The van der Waals surface area contributed by atoms with Crippen molar-refractivity contribution < 1.29 is 31.5 Å². The van der Waals surface area contributed by atoms with Crippen LogP contribution in [-0.2, 0) is 7.86 Å². The number of Topliss-reactive ketones (excluding diaryl/α,β-unsaturated/α-hetero) is 2. The van der Waals surface area contributed by atoms with Crippen LogP contribution in [0.5, 0.6) is 0 Å². The zero-order valence-corrected chi connectivity index (χ0v) is 12.5. The first-order chi connectivity index (χ1) is 8.49. The van der Waals surface area contributed by atoms with Crippen LogP contribution in [0.3, 0.4) is 0 Å². The van der Waals surface area contributed by atoms with Crippen molar-refractivity contribution in [2.24, 2.45) is 0 Å². The van der Waals surface area contributed by atoms with Gasteiger partial charge in [0.25, 0.3) is 0 Å². The number of halogens is 1. The van der Waals surface area contributed by atoms with E-state index in [0.717, 1.165) is 9.99 Å². The Morgan fingerprint density at radius 1 is 1.06 bits per heavy atom. The number of allylic oxidation sites excluding steroid dienone is 1. The fourth-order valence-corrected chi connectivity index (χ4v) is 6.04. The number of ketones is 2. The van der Waals surface area contributed by atoms with Crippen LogP contribution >= 0.6 is 0 Å². The van der Waals surface area contributed by atoms with Crippen LogP contribution in [0.15, 0.2) is 29.8 Å². The summed E-state index contributed by atoms with van der Waals surface area (Å²) in [5.41, 5.74) is 1.87. The molecular weight excluding hydrogens is 343 g/mol. The molecule has 1 aliphatic carbocycles. The van der Waals surface area contributed by atoms with E-state index in [1.807, 2.05) is 12.1 Å². The summed E-state index contributed by atoms with van der Waals surface area (Å²) < 4.78 is 7.05. The maximum atomic E-state index is 12.1. The molecule has 0 N–H and O–H groups in total. The Morgan fingerprint density at radius 3 is 2.44 bits per heavy atom. The number of carbonyl (C=O) groups is 2. The summed E-state index contributed by atoms with van der Waals surface area (Å²) in [5, 5.41) is 0. The van der Waals surface area contributed by atoms with Crippen molar-refractivity contribution in [3.63, 3.8) is 0 Å². The Labute approximate surface area is 110 Å². The molecule has 0 unspecified atom stereocenters. The molecule has 3 rings (SSSR count). The molecule has 18 heavy (non-hydrogen) atoms. The van der Waals surface area contributed by atoms with E-state index in [9.17, 15) is 9.59 Å². The molecule has 0 saturated heterocycles. The average Bonchev–Trinajstić information content (AvgIpc) is 2.35. The molecule has 0 radical (unpaired) electrons. The monoisotopic (exact) mass is 357 g/mol. The van der Waals surface area contributed by atoms with Crippen LogP contribution in [0.4, 0.5) is 0 Å².